The number of rotatable bonds is 6. The van der Waals surface area contributed by atoms with E-state index >= 15 is 0 Å². The van der Waals surface area contributed by atoms with Crippen molar-refractivity contribution in [2.75, 3.05) is 19.7 Å². The molecule has 19 heavy (non-hydrogen) atoms. The fourth-order valence-electron chi connectivity index (χ4n) is 1.84. The first-order chi connectivity index (χ1) is 9.24. The standard InChI is InChI=1S/C13H15N3O3/c1-2-14-7-8-19-13-4-3-12(16(17)18)11-9-15-6-5-10(11)13/h3-6,9,14H,2,7-8H2,1H3. The van der Waals surface area contributed by atoms with Gasteiger partial charge in [0.15, 0.2) is 0 Å². The van der Waals surface area contributed by atoms with E-state index in [-0.39, 0.29) is 5.69 Å². The van der Waals surface area contributed by atoms with Crippen molar-refractivity contribution in [3.05, 3.63) is 40.7 Å². The maximum atomic E-state index is 11.0. The summed E-state index contributed by atoms with van der Waals surface area (Å²) >= 11 is 0. The van der Waals surface area contributed by atoms with Gasteiger partial charge in [0.25, 0.3) is 5.69 Å². The molecule has 0 saturated heterocycles. The molecule has 1 aromatic heterocycles. The van der Waals surface area contributed by atoms with Crippen LogP contribution in [-0.2, 0) is 0 Å². The lowest BCUT2D eigenvalue weighted by molar-refractivity contribution is -0.383. The Balaban J connectivity index is 2.30. The Morgan fingerprint density at radius 1 is 1.37 bits per heavy atom. The van der Waals surface area contributed by atoms with E-state index in [0.29, 0.717) is 23.1 Å². The highest BCUT2D eigenvalue weighted by atomic mass is 16.6. The topological polar surface area (TPSA) is 77.3 Å². The van der Waals surface area contributed by atoms with Crippen LogP contribution in [0.3, 0.4) is 0 Å². The number of benzene rings is 1. The highest BCUT2D eigenvalue weighted by molar-refractivity contribution is 5.94. The van der Waals surface area contributed by atoms with E-state index in [1.807, 2.05) is 6.92 Å². The quantitative estimate of drug-likeness (QED) is 0.489. The van der Waals surface area contributed by atoms with Crippen LogP contribution in [0.4, 0.5) is 5.69 Å². The first-order valence-corrected chi connectivity index (χ1v) is 6.08. The van der Waals surface area contributed by atoms with Crippen molar-refractivity contribution < 1.29 is 9.66 Å². The van der Waals surface area contributed by atoms with Gasteiger partial charge in [0.2, 0.25) is 0 Å². The maximum absolute atomic E-state index is 11.0. The number of likely N-dealkylation sites (N-methyl/N-ethyl adjacent to an activating group) is 1. The monoisotopic (exact) mass is 261 g/mol. The predicted octanol–water partition coefficient (Wildman–Crippen LogP) is 2.13. The Bertz CT molecular complexity index is 586. The Kier molecular flexibility index (Phi) is 4.25. The summed E-state index contributed by atoms with van der Waals surface area (Å²) in [4.78, 5) is 14.5. The molecule has 0 aliphatic carbocycles. The minimum Gasteiger partial charge on any atom is -0.492 e. The van der Waals surface area contributed by atoms with Crippen LogP contribution >= 0.6 is 0 Å². The molecule has 6 heteroatoms. The minimum absolute atomic E-state index is 0.0436. The molecule has 0 spiro atoms. The third kappa shape index (κ3) is 2.97. The maximum Gasteiger partial charge on any atom is 0.279 e. The molecule has 1 N–H and O–H groups in total. The van der Waals surface area contributed by atoms with Gasteiger partial charge in [0.05, 0.1) is 10.3 Å². The van der Waals surface area contributed by atoms with Gasteiger partial charge in [-0.2, -0.15) is 0 Å². The molecule has 0 fully saturated rings. The zero-order valence-electron chi connectivity index (χ0n) is 10.6. The van der Waals surface area contributed by atoms with Crippen LogP contribution in [0.1, 0.15) is 6.92 Å². The second kappa shape index (κ2) is 6.10. The van der Waals surface area contributed by atoms with Crippen molar-refractivity contribution >= 4 is 16.5 Å². The zero-order chi connectivity index (χ0) is 13.7. The number of ether oxygens (including phenoxy) is 1. The smallest absolute Gasteiger partial charge is 0.279 e. The van der Waals surface area contributed by atoms with Gasteiger partial charge in [-0.05, 0) is 18.7 Å². The summed E-state index contributed by atoms with van der Waals surface area (Å²) in [6.45, 7) is 4.16. The number of hydrogen-bond acceptors (Lipinski definition) is 5. The Labute approximate surface area is 110 Å². The van der Waals surface area contributed by atoms with E-state index in [2.05, 4.69) is 10.3 Å². The van der Waals surface area contributed by atoms with Gasteiger partial charge in [0.1, 0.15) is 12.4 Å². The van der Waals surface area contributed by atoms with Crippen LogP contribution in [-0.4, -0.2) is 29.6 Å². The molecule has 2 aromatic rings. The Morgan fingerprint density at radius 2 is 2.21 bits per heavy atom. The lowest BCUT2D eigenvalue weighted by Gasteiger charge is -2.09. The molecule has 0 saturated carbocycles. The molecule has 2 rings (SSSR count). The molecular formula is C13H15N3O3. The summed E-state index contributed by atoms with van der Waals surface area (Å²) in [6, 6.07) is 4.81. The van der Waals surface area contributed by atoms with E-state index < -0.39 is 4.92 Å². The molecule has 1 aromatic carbocycles. The molecule has 0 atom stereocenters. The molecule has 0 radical (unpaired) electrons. The fraction of sp³-hybridized carbons (Fsp3) is 0.308. The second-order valence-corrected chi connectivity index (χ2v) is 3.96. The van der Waals surface area contributed by atoms with Crippen LogP contribution in [0.15, 0.2) is 30.6 Å². The summed E-state index contributed by atoms with van der Waals surface area (Å²) in [7, 11) is 0. The lowest BCUT2D eigenvalue weighted by Crippen LogP contribution is -2.20. The molecule has 0 amide bonds. The van der Waals surface area contributed by atoms with Gasteiger partial charge in [-0.3, -0.25) is 15.1 Å². The van der Waals surface area contributed by atoms with Gasteiger partial charge < -0.3 is 10.1 Å². The second-order valence-electron chi connectivity index (χ2n) is 3.96. The van der Waals surface area contributed by atoms with E-state index in [0.717, 1.165) is 13.1 Å². The van der Waals surface area contributed by atoms with Crippen LogP contribution in [0.5, 0.6) is 5.75 Å². The first kappa shape index (κ1) is 13.2. The van der Waals surface area contributed by atoms with Crippen molar-refractivity contribution in [2.24, 2.45) is 0 Å². The number of nitrogens with one attached hydrogen (secondary N) is 1. The normalized spacial score (nSPS) is 10.6. The predicted molar refractivity (Wildman–Crippen MR) is 72.4 cm³/mol. The third-order valence-electron chi connectivity index (χ3n) is 2.74. The number of non-ortho nitro benzene ring substituents is 1. The van der Waals surface area contributed by atoms with E-state index in [1.165, 1.54) is 12.3 Å². The van der Waals surface area contributed by atoms with E-state index in [1.54, 1.807) is 18.3 Å². The van der Waals surface area contributed by atoms with E-state index in [9.17, 15) is 10.1 Å². The van der Waals surface area contributed by atoms with Crippen molar-refractivity contribution in [2.45, 2.75) is 6.92 Å². The van der Waals surface area contributed by atoms with Crippen LogP contribution in [0.2, 0.25) is 0 Å². The number of nitro benzene ring substituents is 1. The number of hydrogen-bond donors (Lipinski definition) is 1. The van der Waals surface area contributed by atoms with E-state index in [4.69, 9.17) is 4.74 Å². The van der Waals surface area contributed by atoms with Crippen molar-refractivity contribution in [3.63, 3.8) is 0 Å². The molecule has 6 nitrogen and oxygen atoms in total. The molecular weight excluding hydrogens is 246 g/mol. The van der Waals surface area contributed by atoms with Crippen molar-refractivity contribution in [1.82, 2.24) is 10.3 Å². The van der Waals surface area contributed by atoms with Gasteiger partial charge in [0, 0.05) is 30.4 Å². The highest BCUT2D eigenvalue weighted by Crippen LogP contribution is 2.31. The summed E-state index contributed by atoms with van der Waals surface area (Å²) in [5.74, 6) is 0.640. The van der Waals surface area contributed by atoms with Crippen molar-refractivity contribution in [3.8, 4) is 5.75 Å². The van der Waals surface area contributed by atoms with Crippen molar-refractivity contribution in [1.29, 1.82) is 0 Å². The number of pyridine rings is 1. The summed E-state index contributed by atoms with van der Waals surface area (Å²) in [5, 5.41) is 15.3. The summed E-state index contributed by atoms with van der Waals surface area (Å²) < 4.78 is 5.64. The lowest BCUT2D eigenvalue weighted by atomic mass is 10.1. The van der Waals surface area contributed by atoms with Crippen LogP contribution < -0.4 is 10.1 Å². The first-order valence-electron chi connectivity index (χ1n) is 6.08. The molecule has 0 aliphatic heterocycles. The van der Waals surface area contributed by atoms with Crippen LogP contribution in [0, 0.1) is 10.1 Å². The van der Waals surface area contributed by atoms with Crippen LogP contribution in [0.25, 0.3) is 10.8 Å². The fourth-order valence-corrected chi connectivity index (χ4v) is 1.84. The number of fused-ring (bicyclic) bond motifs is 1. The molecule has 0 aliphatic rings. The largest absolute Gasteiger partial charge is 0.492 e. The summed E-state index contributed by atoms with van der Waals surface area (Å²) in [5.41, 5.74) is 0.0436. The number of nitro groups is 1. The zero-order valence-corrected chi connectivity index (χ0v) is 10.6. The molecule has 1 heterocycles. The molecule has 100 valence electrons. The molecule has 0 unspecified atom stereocenters. The SMILES string of the molecule is CCNCCOc1ccc([N+](=O)[O-])c2cnccc12. The van der Waals surface area contributed by atoms with Gasteiger partial charge in [-0.1, -0.05) is 6.92 Å². The Morgan fingerprint density at radius 3 is 2.95 bits per heavy atom. The minimum atomic E-state index is -0.410. The Hall–Kier alpha value is -2.21. The summed E-state index contributed by atoms with van der Waals surface area (Å²) in [6.07, 6.45) is 3.09. The van der Waals surface area contributed by atoms with Gasteiger partial charge >= 0.3 is 0 Å². The molecule has 0 bridgehead atoms. The highest BCUT2D eigenvalue weighted by Gasteiger charge is 2.14. The number of aromatic nitrogens is 1. The third-order valence-corrected chi connectivity index (χ3v) is 2.74. The number of nitrogens with zero attached hydrogens (tertiary/aromatic N) is 2. The average Bonchev–Trinajstić information content (AvgIpc) is 2.43. The van der Waals surface area contributed by atoms with Gasteiger partial charge in [-0.25, -0.2) is 0 Å². The van der Waals surface area contributed by atoms with Gasteiger partial charge in [-0.15, -0.1) is 0 Å². The average molecular weight is 261 g/mol.